The Morgan fingerprint density at radius 1 is 1.28 bits per heavy atom. The molecule has 2 aromatic rings. The average molecular weight is 459 g/mol. The van der Waals surface area contributed by atoms with Crippen LogP contribution in [0.15, 0.2) is 48.9 Å². The fourth-order valence-electron chi connectivity index (χ4n) is 4.19. The Hall–Kier alpha value is -2.82. The van der Waals surface area contributed by atoms with Gasteiger partial charge in [-0.1, -0.05) is 37.3 Å². The standard InChI is InChI=1S/C22H26N4O5S/c1-14-9-19(16-5-3-2-4-6-16)31-21(14)20(27)18-11-24-13-25-22(18)26-17-8-7-15(10-17)12-30-32(23,28)29/h2-6,9,11,13-15,17,21H,7-8,10,12H2,1H3,(H2,23,28,29)(H,24,25,26)/t14?,15-,17+,21?/m1/s1. The fraction of sp³-hybridized carbons (Fsp3) is 0.409. The zero-order chi connectivity index (χ0) is 22.7. The molecule has 2 heterocycles. The van der Waals surface area contributed by atoms with E-state index in [1.54, 1.807) is 0 Å². The van der Waals surface area contributed by atoms with Gasteiger partial charge in [0, 0.05) is 23.7 Å². The Bertz CT molecular complexity index is 1110. The summed E-state index contributed by atoms with van der Waals surface area (Å²) in [5.74, 6) is 0.915. The number of nitrogens with zero attached hydrogens (tertiary/aromatic N) is 2. The van der Waals surface area contributed by atoms with E-state index >= 15 is 0 Å². The maximum Gasteiger partial charge on any atom is 0.333 e. The largest absolute Gasteiger partial charge is 0.481 e. The van der Waals surface area contributed by atoms with Crippen molar-refractivity contribution in [1.29, 1.82) is 0 Å². The van der Waals surface area contributed by atoms with Crippen LogP contribution in [0.5, 0.6) is 0 Å². The number of anilines is 1. The molecule has 1 saturated carbocycles. The first-order chi connectivity index (χ1) is 15.3. The lowest BCUT2D eigenvalue weighted by molar-refractivity contribution is 0.0723. The van der Waals surface area contributed by atoms with Crippen LogP contribution in [0.25, 0.3) is 5.76 Å². The van der Waals surface area contributed by atoms with E-state index in [2.05, 4.69) is 15.3 Å². The SMILES string of the molecule is CC1C=C(c2ccccc2)OC1C(=O)c1cncnc1N[C@H]1CC[C@@H](COS(N)(=O)=O)C1. The van der Waals surface area contributed by atoms with Crippen LogP contribution >= 0.6 is 0 Å². The molecular formula is C22H26N4O5S. The van der Waals surface area contributed by atoms with Crippen LogP contribution < -0.4 is 10.5 Å². The highest BCUT2D eigenvalue weighted by Gasteiger charge is 2.35. The average Bonchev–Trinajstić information content (AvgIpc) is 3.39. The molecule has 10 heteroatoms. The number of Topliss-reactive ketones (excluding diaryl/α,β-unsaturated/α-hetero) is 1. The summed E-state index contributed by atoms with van der Waals surface area (Å²) in [6.45, 7) is 2.00. The minimum atomic E-state index is -3.95. The monoisotopic (exact) mass is 458 g/mol. The summed E-state index contributed by atoms with van der Waals surface area (Å²) in [7, 11) is -3.95. The highest BCUT2D eigenvalue weighted by atomic mass is 32.2. The highest BCUT2D eigenvalue weighted by Crippen LogP contribution is 2.34. The van der Waals surface area contributed by atoms with Gasteiger partial charge in [-0.05, 0) is 31.3 Å². The molecule has 1 aliphatic carbocycles. The first-order valence-corrected chi connectivity index (χ1v) is 12.0. The minimum Gasteiger partial charge on any atom is -0.481 e. The third-order valence-corrected chi connectivity index (χ3v) is 6.25. The molecule has 1 aliphatic heterocycles. The van der Waals surface area contributed by atoms with E-state index in [1.165, 1.54) is 12.5 Å². The van der Waals surface area contributed by atoms with E-state index in [4.69, 9.17) is 14.1 Å². The molecular weight excluding hydrogens is 432 g/mol. The summed E-state index contributed by atoms with van der Waals surface area (Å²) >= 11 is 0. The molecule has 4 rings (SSSR count). The number of ether oxygens (including phenoxy) is 1. The maximum atomic E-state index is 13.3. The molecule has 170 valence electrons. The Morgan fingerprint density at radius 3 is 2.81 bits per heavy atom. The molecule has 1 fully saturated rings. The number of nitrogens with two attached hydrogens (primary N) is 1. The maximum absolute atomic E-state index is 13.3. The van der Waals surface area contributed by atoms with Crippen LogP contribution in [0, 0.1) is 11.8 Å². The zero-order valence-corrected chi connectivity index (χ0v) is 18.5. The van der Waals surface area contributed by atoms with Gasteiger partial charge in [0.15, 0.2) is 6.10 Å². The quantitative estimate of drug-likeness (QED) is 0.577. The first-order valence-electron chi connectivity index (χ1n) is 10.5. The second-order valence-corrected chi connectivity index (χ2v) is 9.46. The molecule has 0 amide bonds. The number of hydrogen-bond acceptors (Lipinski definition) is 8. The molecule has 9 nitrogen and oxygen atoms in total. The Kier molecular flexibility index (Phi) is 6.54. The predicted octanol–water partition coefficient (Wildman–Crippen LogP) is 2.54. The topological polar surface area (TPSA) is 134 Å². The van der Waals surface area contributed by atoms with Crippen molar-refractivity contribution < 1.29 is 22.1 Å². The van der Waals surface area contributed by atoms with Gasteiger partial charge in [-0.2, -0.15) is 8.42 Å². The normalized spacial score (nSPS) is 25.2. The van der Waals surface area contributed by atoms with Crippen LogP contribution in [-0.4, -0.2) is 42.9 Å². The van der Waals surface area contributed by atoms with Crippen LogP contribution in [0.2, 0.25) is 0 Å². The molecule has 32 heavy (non-hydrogen) atoms. The molecule has 4 atom stereocenters. The second-order valence-electron chi connectivity index (χ2n) is 8.24. The minimum absolute atomic E-state index is 0.0328. The van der Waals surface area contributed by atoms with Gasteiger partial charge in [-0.3, -0.25) is 8.98 Å². The summed E-state index contributed by atoms with van der Waals surface area (Å²) in [6, 6.07) is 9.70. The molecule has 0 radical (unpaired) electrons. The van der Waals surface area contributed by atoms with Crippen molar-refractivity contribution in [3.05, 3.63) is 60.1 Å². The van der Waals surface area contributed by atoms with Gasteiger partial charge in [0.2, 0.25) is 5.78 Å². The Morgan fingerprint density at radius 2 is 2.06 bits per heavy atom. The van der Waals surface area contributed by atoms with Crippen molar-refractivity contribution in [3.63, 3.8) is 0 Å². The van der Waals surface area contributed by atoms with Gasteiger partial charge in [0.25, 0.3) is 0 Å². The van der Waals surface area contributed by atoms with E-state index in [1.807, 2.05) is 43.3 Å². The van der Waals surface area contributed by atoms with Gasteiger partial charge < -0.3 is 10.1 Å². The number of hydrogen-bond donors (Lipinski definition) is 2. The molecule has 2 aliphatic rings. The molecule has 3 N–H and O–H groups in total. The number of aromatic nitrogens is 2. The lowest BCUT2D eigenvalue weighted by Gasteiger charge is -2.19. The molecule has 1 aromatic carbocycles. The second kappa shape index (κ2) is 9.35. The Labute approximate surface area is 187 Å². The number of rotatable bonds is 8. The number of ketones is 1. The van der Waals surface area contributed by atoms with Gasteiger partial charge >= 0.3 is 10.3 Å². The summed E-state index contributed by atoms with van der Waals surface area (Å²) < 4.78 is 32.8. The van der Waals surface area contributed by atoms with Crippen LogP contribution in [0.3, 0.4) is 0 Å². The predicted molar refractivity (Wildman–Crippen MR) is 119 cm³/mol. The van der Waals surface area contributed by atoms with Crippen LogP contribution in [0.4, 0.5) is 5.82 Å². The molecule has 0 saturated heterocycles. The number of carbonyl (C=O) groups is 1. The lowest BCUT2D eigenvalue weighted by Crippen LogP contribution is -2.28. The smallest absolute Gasteiger partial charge is 0.333 e. The summed E-state index contributed by atoms with van der Waals surface area (Å²) in [5, 5.41) is 8.22. The van der Waals surface area contributed by atoms with Crippen LogP contribution in [0.1, 0.15) is 42.1 Å². The first kappa shape index (κ1) is 22.4. The van der Waals surface area contributed by atoms with E-state index in [9.17, 15) is 13.2 Å². The molecule has 2 unspecified atom stereocenters. The Balaban J connectivity index is 1.42. The van der Waals surface area contributed by atoms with E-state index in [0.29, 0.717) is 23.6 Å². The van der Waals surface area contributed by atoms with E-state index in [0.717, 1.165) is 18.4 Å². The van der Waals surface area contributed by atoms with Gasteiger partial charge in [-0.15, -0.1) is 0 Å². The van der Waals surface area contributed by atoms with Crippen molar-refractivity contribution in [2.24, 2.45) is 17.0 Å². The fourth-order valence-corrected chi connectivity index (χ4v) is 4.57. The number of benzene rings is 1. The van der Waals surface area contributed by atoms with Gasteiger partial charge in [0.1, 0.15) is 17.9 Å². The molecule has 0 spiro atoms. The van der Waals surface area contributed by atoms with E-state index < -0.39 is 16.4 Å². The summed E-state index contributed by atoms with van der Waals surface area (Å²) in [4.78, 5) is 21.7. The number of carbonyl (C=O) groups excluding carboxylic acids is 1. The van der Waals surface area contributed by atoms with Crippen molar-refractivity contribution in [2.45, 2.75) is 38.3 Å². The van der Waals surface area contributed by atoms with Crippen LogP contribution in [-0.2, 0) is 19.2 Å². The van der Waals surface area contributed by atoms with Crippen molar-refractivity contribution in [1.82, 2.24) is 9.97 Å². The van der Waals surface area contributed by atoms with Crippen molar-refractivity contribution in [3.8, 4) is 0 Å². The lowest BCUT2D eigenvalue weighted by atomic mass is 9.98. The summed E-state index contributed by atoms with van der Waals surface area (Å²) in [5.41, 5.74) is 1.30. The molecule has 0 bridgehead atoms. The third-order valence-electron chi connectivity index (χ3n) is 5.79. The highest BCUT2D eigenvalue weighted by molar-refractivity contribution is 7.84. The third kappa shape index (κ3) is 5.32. The van der Waals surface area contributed by atoms with Gasteiger partial charge in [-0.25, -0.2) is 15.1 Å². The van der Waals surface area contributed by atoms with E-state index in [-0.39, 0.29) is 30.3 Å². The van der Waals surface area contributed by atoms with Gasteiger partial charge in [0.05, 0.1) is 12.2 Å². The summed E-state index contributed by atoms with van der Waals surface area (Å²) in [6.07, 6.45) is 6.47. The van der Waals surface area contributed by atoms with Crippen molar-refractivity contribution >= 4 is 27.7 Å². The molecule has 1 aromatic heterocycles. The zero-order valence-electron chi connectivity index (χ0n) is 17.7. The van der Waals surface area contributed by atoms with Crippen molar-refractivity contribution in [2.75, 3.05) is 11.9 Å². The number of nitrogens with one attached hydrogen (secondary N) is 1.